The van der Waals surface area contributed by atoms with E-state index in [0.29, 0.717) is 0 Å². The lowest BCUT2D eigenvalue weighted by Gasteiger charge is -2.13. The molecule has 11 heteroatoms. The van der Waals surface area contributed by atoms with Gasteiger partial charge in [-0.3, -0.25) is 28.9 Å². The number of aliphatic carboxylic acids is 1. The van der Waals surface area contributed by atoms with Crippen molar-refractivity contribution in [1.29, 1.82) is 0 Å². The highest BCUT2D eigenvalue weighted by Crippen LogP contribution is 2.02. The molecule has 0 bridgehead atoms. The highest BCUT2D eigenvalue weighted by Gasteiger charge is 2.25. The van der Waals surface area contributed by atoms with Crippen molar-refractivity contribution in [3.8, 4) is 0 Å². The number of carbonyl (C=O) groups is 5. The first-order valence-electron chi connectivity index (χ1n) is 7.84. The van der Waals surface area contributed by atoms with Crippen LogP contribution in [0.1, 0.15) is 6.42 Å². The summed E-state index contributed by atoms with van der Waals surface area (Å²) in [5.41, 5.74) is 0. The van der Waals surface area contributed by atoms with Crippen LogP contribution in [0.15, 0.2) is 12.2 Å². The van der Waals surface area contributed by atoms with Crippen LogP contribution < -0.4 is 10.6 Å². The summed E-state index contributed by atoms with van der Waals surface area (Å²) < 4.78 is 10.3. The first-order valence-corrected chi connectivity index (χ1v) is 7.84. The summed E-state index contributed by atoms with van der Waals surface area (Å²) in [7, 11) is 0. The van der Waals surface area contributed by atoms with Crippen molar-refractivity contribution >= 4 is 29.6 Å². The van der Waals surface area contributed by atoms with Gasteiger partial charge in [0.2, 0.25) is 11.8 Å². The van der Waals surface area contributed by atoms with Crippen LogP contribution >= 0.6 is 0 Å². The fourth-order valence-electron chi connectivity index (χ4n) is 1.80. The van der Waals surface area contributed by atoms with Gasteiger partial charge in [0, 0.05) is 25.1 Å². The Kier molecular flexibility index (Phi) is 9.57. The maximum absolute atomic E-state index is 11.6. The Morgan fingerprint density at radius 1 is 0.923 bits per heavy atom. The standard InChI is InChI=1S/C15H21N3O8/c19-11(17-9-15(23)24)3-5-25-7-8-26-6-4-16-12(20)10-18-13(21)1-2-14(18)22/h1-2H,3-10H2,(H,16,20)(H,17,19)(H,23,24). The summed E-state index contributed by atoms with van der Waals surface area (Å²) in [4.78, 5) is 56.4. The van der Waals surface area contributed by atoms with Crippen LogP contribution in [-0.2, 0) is 33.4 Å². The van der Waals surface area contributed by atoms with Crippen molar-refractivity contribution in [1.82, 2.24) is 15.5 Å². The van der Waals surface area contributed by atoms with Gasteiger partial charge in [0.15, 0.2) is 0 Å². The van der Waals surface area contributed by atoms with E-state index in [1.165, 1.54) is 0 Å². The SMILES string of the molecule is O=C(O)CNC(=O)CCOCCOCCNC(=O)CN1C(=O)C=CC1=O. The molecule has 1 aliphatic rings. The number of hydrogen-bond acceptors (Lipinski definition) is 7. The van der Waals surface area contributed by atoms with Crippen LogP contribution in [0.25, 0.3) is 0 Å². The van der Waals surface area contributed by atoms with Gasteiger partial charge in [-0.15, -0.1) is 0 Å². The summed E-state index contributed by atoms with van der Waals surface area (Å²) in [5.74, 6) is -3.04. The normalized spacial score (nSPS) is 13.2. The molecule has 4 amide bonds. The van der Waals surface area contributed by atoms with E-state index in [0.717, 1.165) is 17.1 Å². The van der Waals surface area contributed by atoms with E-state index in [1.54, 1.807) is 0 Å². The molecule has 0 aliphatic carbocycles. The van der Waals surface area contributed by atoms with Crippen molar-refractivity contribution in [2.75, 3.05) is 46.1 Å². The Hall–Kier alpha value is -2.79. The average Bonchev–Trinajstić information content (AvgIpc) is 2.90. The highest BCUT2D eigenvalue weighted by molar-refractivity contribution is 6.14. The van der Waals surface area contributed by atoms with Crippen LogP contribution in [0.4, 0.5) is 0 Å². The van der Waals surface area contributed by atoms with Crippen molar-refractivity contribution in [3.05, 3.63) is 12.2 Å². The minimum Gasteiger partial charge on any atom is -0.480 e. The molecule has 0 saturated heterocycles. The lowest BCUT2D eigenvalue weighted by Crippen LogP contribution is -2.41. The number of nitrogens with one attached hydrogen (secondary N) is 2. The Bertz CT molecular complexity index is 557. The van der Waals surface area contributed by atoms with E-state index in [4.69, 9.17) is 14.6 Å². The number of carboxylic acids is 1. The molecule has 0 aromatic carbocycles. The van der Waals surface area contributed by atoms with E-state index in [9.17, 15) is 24.0 Å². The third-order valence-electron chi connectivity index (χ3n) is 3.05. The molecule has 0 radical (unpaired) electrons. The fourth-order valence-corrected chi connectivity index (χ4v) is 1.80. The molecule has 3 N–H and O–H groups in total. The van der Waals surface area contributed by atoms with E-state index in [-0.39, 0.29) is 45.9 Å². The number of imide groups is 1. The third kappa shape index (κ3) is 8.89. The topological polar surface area (TPSA) is 151 Å². The number of hydrogen-bond donors (Lipinski definition) is 3. The van der Waals surface area contributed by atoms with E-state index >= 15 is 0 Å². The smallest absolute Gasteiger partial charge is 0.322 e. The van der Waals surface area contributed by atoms with Gasteiger partial charge in [-0.2, -0.15) is 0 Å². The van der Waals surface area contributed by atoms with E-state index in [1.807, 2.05) is 0 Å². The molecule has 26 heavy (non-hydrogen) atoms. The van der Waals surface area contributed by atoms with Crippen LogP contribution in [0, 0.1) is 0 Å². The molecule has 1 heterocycles. The van der Waals surface area contributed by atoms with Crippen LogP contribution in [-0.4, -0.2) is 85.7 Å². The summed E-state index contributed by atoms with van der Waals surface area (Å²) in [6, 6.07) is 0. The van der Waals surface area contributed by atoms with Crippen molar-refractivity contribution in [2.45, 2.75) is 6.42 Å². The van der Waals surface area contributed by atoms with E-state index in [2.05, 4.69) is 10.6 Å². The molecule has 0 fully saturated rings. The van der Waals surface area contributed by atoms with Gasteiger partial charge in [-0.05, 0) is 0 Å². The van der Waals surface area contributed by atoms with Crippen LogP contribution in [0.3, 0.4) is 0 Å². The summed E-state index contributed by atoms with van der Waals surface area (Å²) in [6.45, 7) is 0.288. The second-order valence-electron chi connectivity index (χ2n) is 5.09. The molecular weight excluding hydrogens is 350 g/mol. The van der Waals surface area contributed by atoms with Crippen molar-refractivity contribution < 1.29 is 38.6 Å². The molecule has 1 aliphatic heterocycles. The van der Waals surface area contributed by atoms with Gasteiger partial charge in [0.05, 0.1) is 26.4 Å². The summed E-state index contributed by atoms with van der Waals surface area (Å²) in [6.07, 6.45) is 2.26. The van der Waals surface area contributed by atoms with Gasteiger partial charge < -0.3 is 25.2 Å². The number of nitrogens with zero attached hydrogens (tertiary/aromatic N) is 1. The summed E-state index contributed by atoms with van der Waals surface area (Å²) in [5, 5.41) is 13.1. The predicted molar refractivity (Wildman–Crippen MR) is 85.8 cm³/mol. The molecular formula is C15H21N3O8. The highest BCUT2D eigenvalue weighted by atomic mass is 16.5. The molecule has 0 aromatic heterocycles. The fraction of sp³-hybridized carbons (Fsp3) is 0.533. The molecule has 0 saturated carbocycles. The largest absolute Gasteiger partial charge is 0.480 e. The zero-order valence-corrected chi connectivity index (χ0v) is 14.1. The minimum absolute atomic E-state index is 0.0478. The van der Waals surface area contributed by atoms with Crippen LogP contribution in [0.2, 0.25) is 0 Å². The molecule has 11 nitrogen and oxygen atoms in total. The Labute approximate surface area is 149 Å². The predicted octanol–water partition coefficient (Wildman–Crippen LogP) is -2.35. The Balaban J connectivity index is 1.92. The quantitative estimate of drug-likeness (QED) is 0.240. The molecule has 0 unspecified atom stereocenters. The third-order valence-corrected chi connectivity index (χ3v) is 3.05. The van der Waals surface area contributed by atoms with Crippen molar-refractivity contribution in [3.63, 3.8) is 0 Å². The monoisotopic (exact) mass is 371 g/mol. The molecule has 0 aromatic rings. The maximum Gasteiger partial charge on any atom is 0.322 e. The first kappa shape index (κ1) is 21.3. The van der Waals surface area contributed by atoms with Gasteiger partial charge in [-0.1, -0.05) is 0 Å². The van der Waals surface area contributed by atoms with E-state index < -0.39 is 36.1 Å². The lowest BCUT2D eigenvalue weighted by molar-refractivity contribution is -0.141. The van der Waals surface area contributed by atoms with Crippen molar-refractivity contribution in [2.24, 2.45) is 0 Å². The maximum atomic E-state index is 11.6. The Morgan fingerprint density at radius 3 is 2.15 bits per heavy atom. The molecule has 0 spiro atoms. The number of ether oxygens (including phenoxy) is 2. The second kappa shape index (κ2) is 11.7. The first-order chi connectivity index (χ1) is 12.4. The minimum atomic E-state index is -1.12. The summed E-state index contributed by atoms with van der Waals surface area (Å²) >= 11 is 0. The van der Waals surface area contributed by atoms with Gasteiger partial charge >= 0.3 is 5.97 Å². The molecule has 144 valence electrons. The zero-order chi connectivity index (χ0) is 19.4. The molecule has 0 atom stereocenters. The van der Waals surface area contributed by atoms with Crippen LogP contribution in [0.5, 0.6) is 0 Å². The lowest BCUT2D eigenvalue weighted by atomic mass is 10.4. The molecule has 1 rings (SSSR count). The Morgan fingerprint density at radius 2 is 1.54 bits per heavy atom. The zero-order valence-electron chi connectivity index (χ0n) is 14.1. The average molecular weight is 371 g/mol. The number of carbonyl (C=O) groups excluding carboxylic acids is 4. The number of carboxylic acid groups (broad SMARTS) is 1. The van der Waals surface area contributed by atoms with Gasteiger partial charge in [0.1, 0.15) is 13.1 Å². The number of amides is 4. The second-order valence-corrected chi connectivity index (χ2v) is 5.09. The van der Waals surface area contributed by atoms with Gasteiger partial charge in [-0.25, -0.2) is 0 Å². The number of rotatable bonds is 13. The van der Waals surface area contributed by atoms with Gasteiger partial charge in [0.25, 0.3) is 11.8 Å².